The van der Waals surface area contributed by atoms with E-state index in [-0.39, 0.29) is 0 Å². The standard InChI is InChI=1S/C19H23N5O/c1-2-6-16(7-3-1)18-11-17(19-21-22-23-24(19)13-18)12-20-9-4-5-15-8-10-25-14-15/h1-3,6-7,11,13,15,20H,4-5,8-10,12,14H2/t15-/m0/s1. The Hall–Kier alpha value is -2.31. The number of hydrogen-bond acceptors (Lipinski definition) is 5. The van der Waals surface area contributed by atoms with Crippen LogP contribution in [0.5, 0.6) is 0 Å². The van der Waals surface area contributed by atoms with Crippen molar-refractivity contribution in [3.8, 4) is 11.1 Å². The van der Waals surface area contributed by atoms with E-state index >= 15 is 0 Å². The molecule has 1 fully saturated rings. The molecule has 1 aromatic carbocycles. The molecule has 6 heteroatoms. The fourth-order valence-electron chi connectivity index (χ4n) is 3.38. The summed E-state index contributed by atoms with van der Waals surface area (Å²) in [4.78, 5) is 0. The molecule has 130 valence electrons. The lowest BCUT2D eigenvalue weighted by molar-refractivity contribution is 0.184. The van der Waals surface area contributed by atoms with E-state index in [0.29, 0.717) is 0 Å². The quantitative estimate of drug-likeness (QED) is 0.672. The molecule has 0 saturated carbocycles. The summed E-state index contributed by atoms with van der Waals surface area (Å²) in [5.41, 5.74) is 4.23. The van der Waals surface area contributed by atoms with E-state index < -0.39 is 0 Å². The number of rotatable bonds is 7. The van der Waals surface area contributed by atoms with Crippen LogP contribution < -0.4 is 5.32 Å². The van der Waals surface area contributed by atoms with Gasteiger partial charge >= 0.3 is 0 Å². The Morgan fingerprint density at radius 1 is 1.20 bits per heavy atom. The average molecular weight is 337 g/mol. The summed E-state index contributed by atoms with van der Waals surface area (Å²) in [5.74, 6) is 0.746. The molecule has 4 rings (SSSR count). The van der Waals surface area contributed by atoms with Crippen LogP contribution in [0.15, 0.2) is 42.6 Å². The maximum Gasteiger partial charge on any atom is 0.183 e. The molecular weight excluding hydrogens is 314 g/mol. The highest BCUT2D eigenvalue weighted by atomic mass is 16.5. The predicted molar refractivity (Wildman–Crippen MR) is 96.1 cm³/mol. The molecule has 1 N–H and O–H groups in total. The van der Waals surface area contributed by atoms with E-state index in [1.807, 2.05) is 24.4 Å². The second-order valence-electron chi connectivity index (χ2n) is 6.62. The van der Waals surface area contributed by atoms with Crippen molar-refractivity contribution in [3.05, 3.63) is 48.2 Å². The molecule has 6 nitrogen and oxygen atoms in total. The minimum absolute atomic E-state index is 0.746. The molecule has 2 aromatic heterocycles. The summed E-state index contributed by atoms with van der Waals surface area (Å²) < 4.78 is 7.19. The Balaban J connectivity index is 1.42. The number of hydrogen-bond donors (Lipinski definition) is 1. The zero-order chi connectivity index (χ0) is 16.9. The number of nitrogens with one attached hydrogen (secondary N) is 1. The summed E-state index contributed by atoms with van der Waals surface area (Å²) in [7, 11) is 0. The number of fused-ring (bicyclic) bond motifs is 1. The Bertz CT molecular complexity index is 811. The van der Waals surface area contributed by atoms with E-state index in [1.54, 1.807) is 4.52 Å². The maximum atomic E-state index is 5.43. The molecule has 0 radical (unpaired) electrons. The third-order valence-corrected chi connectivity index (χ3v) is 4.78. The van der Waals surface area contributed by atoms with Crippen molar-refractivity contribution >= 4 is 5.65 Å². The van der Waals surface area contributed by atoms with E-state index in [1.165, 1.54) is 24.8 Å². The summed E-state index contributed by atoms with van der Waals surface area (Å²) in [6.07, 6.45) is 5.60. The van der Waals surface area contributed by atoms with Gasteiger partial charge in [0.25, 0.3) is 0 Å². The lowest BCUT2D eigenvalue weighted by Gasteiger charge is -2.10. The topological polar surface area (TPSA) is 64.3 Å². The van der Waals surface area contributed by atoms with E-state index in [2.05, 4.69) is 39.0 Å². The van der Waals surface area contributed by atoms with Crippen molar-refractivity contribution in [1.29, 1.82) is 0 Å². The van der Waals surface area contributed by atoms with Crippen LogP contribution in [0.3, 0.4) is 0 Å². The van der Waals surface area contributed by atoms with Gasteiger partial charge in [0, 0.05) is 37.1 Å². The van der Waals surface area contributed by atoms with Gasteiger partial charge in [0.2, 0.25) is 0 Å². The molecule has 25 heavy (non-hydrogen) atoms. The van der Waals surface area contributed by atoms with Crippen LogP contribution in [-0.4, -0.2) is 39.8 Å². The van der Waals surface area contributed by atoms with Crippen LogP contribution in [0.25, 0.3) is 16.8 Å². The van der Waals surface area contributed by atoms with Gasteiger partial charge in [0.15, 0.2) is 5.65 Å². The molecule has 0 aliphatic carbocycles. The Kier molecular flexibility index (Phi) is 4.99. The normalized spacial score (nSPS) is 17.4. The molecule has 1 aliphatic heterocycles. The predicted octanol–water partition coefficient (Wildman–Crippen LogP) is 2.70. The van der Waals surface area contributed by atoms with Crippen molar-refractivity contribution in [1.82, 2.24) is 25.4 Å². The van der Waals surface area contributed by atoms with Gasteiger partial charge in [-0.3, -0.25) is 0 Å². The Morgan fingerprint density at radius 3 is 2.96 bits per heavy atom. The zero-order valence-corrected chi connectivity index (χ0v) is 14.3. The highest BCUT2D eigenvalue weighted by Gasteiger charge is 2.14. The lowest BCUT2D eigenvalue weighted by Crippen LogP contribution is -2.16. The summed E-state index contributed by atoms with van der Waals surface area (Å²) >= 11 is 0. The second-order valence-corrected chi connectivity index (χ2v) is 6.62. The summed E-state index contributed by atoms with van der Waals surface area (Å²) in [5, 5.41) is 15.6. The van der Waals surface area contributed by atoms with Crippen LogP contribution in [0, 0.1) is 5.92 Å². The molecule has 0 bridgehead atoms. The van der Waals surface area contributed by atoms with Gasteiger partial charge in [0.05, 0.1) is 0 Å². The molecule has 1 atom stereocenters. The molecule has 1 saturated heterocycles. The summed E-state index contributed by atoms with van der Waals surface area (Å²) in [6, 6.07) is 12.5. The van der Waals surface area contributed by atoms with Gasteiger partial charge in [0.1, 0.15) is 0 Å². The van der Waals surface area contributed by atoms with Crippen LogP contribution in [0.2, 0.25) is 0 Å². The largest absolute Gasteiger partial charge is 0.381 e. The average Bonchev–Trinajstić information content (AvgIpc) is 3.33. The van der Waals surface area contributed by atoms with Crippen molar-refractivity contribution in [2.24, 2.45) is 5.92 Å². The smallest absolute Gasteiger partial charge is 0.183 e. The number of benzene rings is 1. The van der Waals surface area contributed by atoms with Crippen LogP contribution >= 0.6 is 0 Å². The van der Waals surface area contributed by atoms with Gasteiger partial charge in [-0.05, 0) is 53.8 Å². The first-order chi connectivity index (χ1) is 12.4. The monoisotopic (exact) mass is 337 g/mol. The molecule has 0 spiro atoms. The molecule has 1 aliphatic rings. The molecular formula is C19H23N5O. The number of aromatic nitrogens is 4. The van der Waals surface area contributed by atoms with Gasteiger partial charge < -0.3 is 10.1 Å². The van der Waals surface area contributed by atoms with Crippen molar-refractivity contribution < 1.29 is 4.74 Å². The molecule has 3 heterocycles. The molecule has 3 aromatic rings. The van der Waals surface area contributed by atoms with Crippen LogP contribution in [-0.2, 0) is 11.3 Å². The van der Waals surface area contributed by atoms with Crippen LogP contribution in [0.1, 0.15) is 24.8 Å². The number of tetrazole rings is 1. The summed E-state index contributed by atoms with van der Waals surface area (Å²) in [6.45, 7) is 3.64. The third-order valence-electron chi connectivity index (χ3n) is 4.78. The van der Waals surface area contributed by atoms with Crippen molar-refractivity contribution in [2.75, 3.05) is 19.8 Å². The maximum absolute atomic E-state index is 5.43. The van der Waals surface area contributed by atoms with Gasteiger partial charge in [-0.2, -0.15) is 4.52 Å². The fraction of sp³-hybridized carbons (Fsp3) is 0.421. The fourth-order valence-corrected chi connectivity index (χ4v) is 3.38. The lowest BCUT2D eigenvalue weighted by atomic mass is 10.0. The van der Waals surface area contributed by atoms with Gasteiger partial charge in [-0.25, -0.2) is 0 Å². The minimum atomic E-state index is 0.746. The van der Waals surface area contributed by atoms with Crippen molar-refractivity contribution in [3.63, 3.8) is 0 Å². The number of ether oxygens (including phenoxy) is 1. The SMILES string of the molecule is c1ccc(-c2cc(CNCCC[C@H]3CCOC3)c3nnnn3c2)cc1. The first-order valence-corrected chi connectivity index (χ1v) is 8.94. The van der Waals surface area contributed by atoms with Crippen molar-refractivity contribution in [2.45, 2.75) is 25.8 Å². The first kappa shape index (κ1) is 16.2. The van der Waals surface area contributed by atoms with E-state index in [0.717, 1.165) is 49.0 Å². The van der Waals surface area contributed by atoms with E-state index in [4.69, 9.17) is 4.74 Å². The number of nitrogens with zero attached hydrogens (tertiary/aromatic N) is 4. The molecule has 0 amide bonds. The highest BCUT2D eigenvalue weighted by molar-refractivity contribution is 5.66. The highest BCUT2D eigenvalue weighted by Crippen LogP contribution is 2.22. The van der Waals surface area contributed by atoms with Gasteiger partial charge in [-0.1, -0.05) is 30.3 Å². The van der Waals surface area contributed by atoms with Gasteiger partial charge in [-0.15, -0.1) is 5.10 Å². The Morgan fingerprint density at radius 2 is 2.12 bits per heavy atom. The third kappa shape index (κ3) is 3.86. The second kappa shape index (κ2) is 7.72. The Labute approximate surface area is 147 Å². The van der Waals surface area contributed by atoms with Crippen LogP contribution in [0.4, 0.5) is 0 Å². The first-order valence-electron chi connectivity index (χ1n) is 8.94. The zero-order valence-electron chi connectivity index (χ0n) is 14.3. The minimum Gasteiger partial charge on any atom is -0.381 e. The van der Waals surface area contributed by atoms with E-state index in [9.17, 15) is 0 Å². The molecule has 0 unspecified atom stereocenters. The number of pyridine rings is 1.